The van der Waals surface area contributed by atoms with Gasteiger partial charge in [-0.1, -0.05) is 19.1 Å². The van der Waals surface area contributed by atoms with E-state index in [-0.39, 0.29) is 22.6 Å². The average molecular weight is 431 g/mol. The standard InChI is InChI=1S/C23H30N2O4S/c1-15-8-10-25(11-9-15)30(28,29)22-14-20(12-16(2)17(22)3)23(27)24-18(4)19-6-5-7-21(26)13-19/h5-7,12-15,18,26H,8-11H2,1-4H3,(H,24,27). The zero-order chi connectivity index (χ0) is 22.1. The van der Waals surface area contributed by atoms with Crippen molar-refractivity contribution in [1.29, 1.82) is 0 Å². The highest BCUT2D eigenvalue weighted by molar-refractivity contribution is 7.89. The third kappa shape index (κ3) is 4.68. The summed E-state index contributed by atoms with van der Waals surface area (Å²) in [6.45, 7) is 8.58. The van der Waals surface area contributed by atoms with Crippen molar-refractivity contribution >= 4 is 15.9 Å². The summed E-state index contributed by atoms with van der Waals surface area (Å²) < 4.78 is 28.1. The number of amides is 1. The van der Waals surface area contributed by atoms with Crippen LogP contribution in [0.25, 0.3) is 0 Å². The summed E-state index contributed by atoms with van der Waals surface area (Å²) in [4.78, 5) is 13.1. The number of piperidine rings is 1. The molecule has 0 bridgehead atoms. The van der Waals surface area contributed by atoms with Crippen molar-refractivity contribution in [3.63, 3.8) is 0 Å². The molecule has 1 amide bonds. The van der Waals surface area contributed by atoms with Gasteiger partial charge in [0.1, 0.15) is 5.75 Å². The molecule has 162 valence electrons. The van der Waals surface area contributed by atoms with Crippen LogP contribution in [-0.4, -0.2) is 36.8 Å². The molecule has 0 spiro atoms. The lowest BCUT2D eigenvalue weighted by Crippen LogP contribution is -2.38. The lowest BCUT2D eigenvalue weighted by atomic mass is 10.0. The number of phenolic OH excluding ortho intramolecular Hbond substituents is 1. The van der Waals surface area contributed by atoms with E-state index in [0.717, 1.165) is 24.0 Å². The van der Waals surface area contributed by atoms with Crippen LogP contribution in [0.4, 0.5) is 0 Å². The summed E-state index contributed by atoms with van der Waals surface area (Å²) in [5.41, 5.74) is 2.51. The van der Waals surface area contributed by atoms with Gasteiger partial charge >= 0.3 is 0 Å². The van der Waals surface area contributed by atoms with Crippen molar-refractivity contribution in [2.24, 2.45) is 5.92 Å². The molecular formula is C23H30N2O4S. The molecule has 7 heteroatoms. The van der Waals surface area contributed by atoms with Crippen molar-refractivity contribution in [2.45, 2.75) is 51.5 Å². The fourth-order valence-corrected chi connectivity index (χ4v) is 5.54. The number of aryl methyl sites for hydroxylation is 1. The summed E-state index contributed by atoms with van der Waals surface area (Å²) in [5, 5.41) is 12.6. The number of nitrogens with zero attached hydrogens (tertiary/aromatic N) is 1. The van der Waals surface area contributed by atoms with E-state index >= 15 is 0 Å². The van der Waals surface area contributed by atoms with E-state index in [2.05, 4.69) is 12.2 Å². The van der Waals surface area contributed by atoms with Crippen molar-refractivity contribution in [1.82, 2.24) is 9.62 Å². The van der Waals surface area contributed by atoms with Crippen LogP contribution in [0.5, 0.6) is 5.75 Å². The molecule has 1 aliphatic heterocycles. The van der Waals surface area contributed by atoms with Gasteiger partial charge in [0.15, 0.2) is 0 Å². The molecule has 0 saturated carbocycles. The second kappa shape index (κ2) is 8.78. The molecule has 2 aromatic rings. The van der Waals surface area contributed by atoms with Gasteiger partial charge in [-0.05, 0) is 80.5 Å². The van der Waals surface area contributed by atoms with Crippen molar-refractivity contribution in [2.75, 3.05) is 13.1 Å². The minimum Gasteiger partial charge on any atom is -0.508 e. The number of benzene rings is 2. The van der Waals surface area contributed by atoms with Gasteiger partial charge in [-0.15, -0.1) is 0 Å². The smallest absolute Gasteiger partial charge is 0.251 e. The van der Waals surface area contributed by atoms with Gasteiger partial charge in [0.2, 0.25) is 10.0 Å². The summed E-state index contributed by atoms with van der Waals surface area (Å²) in [5.74, 6) is 0.303. The van der Waals surface area contributed by atoms with E-state index in [1.54, 1.807) is 31.2 Å². The Labute approximate surface area is 179 Å². The topological polar surface area (TPSA) is 86.7 Å². The Balaban J connectivity index is 1.88. The van der Waals surface area contributed by atoms with Crippen LogP contribution in [0.15, 0.2) is 41.3 Å². The molecule has 3 rings (SSSR count). The fourth-order valence-electron chi connectivity index (χ4n) is 3.75. The zero-order valence-electron chi connectivity index (χ0n) is 18.0. The van der Waals surface area contributed by atoms with Crippen LogP contribution in [0, 0.1) is 19.8 Å². The highest BCUT2D eigenvalue weighted by Gasteiger charge is 2.30. The molecule has 1 saturated heterocycles. The van der Waals surface area contributed by atoms with Crippen LogP contribution < -0.4 is 5.32 Å². The van der Waals surface area contributed by atoms with Gasteiger partial charge < -0.3 is 10.4 Å². The number of carbonyl (C=O) groups is 1. The van der Waals surface area contributed by atoms with E-state index < -0.39 is 10.0 Å². The molecule has 1 heterocycles. The predicted molar refractivity (Wildman–Crippen MR) is 117 cm³/mol. The SMILES string of the molecule is Cc1cc(C(=O)NC(C)c2cccc(O)c2)cc(S(=O)(=O)N2CCC(C)CC2)c1C. The van der Waals surface area contributed by atoms with E-state index in [1.165, 1.54) is 10.4 Å². The lowest BCUT2D eigenvalue weighted by Gasteiger charge is -2.30. The van der Waals surface area contributed by atoms with E-state index in [4.69, 9.17) is 0 Å². The number of aromatic hydroxyl groups is 1. The molecule has 6 nitrogen and oxygen atoms in total. The highest BCUT2D eigenvalue weighted by atomic mass is 32.2. The summed E-state index contributed by atoms with van der Waals surface area (Å²) in [6, 6.07) is 9.57. The largest absolute Gasteiger partial charge is 0.508 e. The number of hydrogen-bond acceptors (Lipinski definition) is 4. The lowest BCUT2D eigenvalue weighted by molar-refractivity contribution is 0.0939. The first-order valence-corrected chi connectivity index (χ1v) is 11.7. The molecule has 2 aromatic carbocycles. The Morgan fingerprint density at radius 1 is 1.17 bits per heavy atom. The van der Waals surface area contributed by atoms with Gasteiger partial charge in [0.05, 0.1) is 10.9 Å². The Morgan fingerprint density at radius 2 is 1.83 bits per heavy atom. The molecule has 0 radical (unpaired) electrons. The normalized spacial score (nSPS) is 16.9. The monoisotopic (exact) mass is 430 g/mol. The average Bonchev–Trinajstić information content (AvgIpc) is 2.70. The van der Waals surface area contributed by atoms with Crippen LogP contribution in [0.2, 0.25) is 0 Å². The number of sulfonamides is 1. The maximum atomic E-state index is 13.3. The summed E-state index contributed by atoms with van der Waals surface area (Å²) >= 11 is 0. The van der Waals surface area contributed by atoms with Gasteiger partial charge in [0.25, 0.3) is 5.91 Å². The summed E-state index contributed by atoms with van der Waals surface area (Å²) in [6.07, 6.45) is 1.69. The van der Waals surface area contributed by atoms with Crippen LogP contribution in [0.1, 0.15) is 59.8 Å². The number of nitrogens with one attached hydrogen (secondary N) is 1. The third-order valence-corrected chi connectivity index (χ3v) is 7.98. The minimum atomic E-state index is -3.66. The van der Waals surface area contributed by atoms with Crippen LogP contribution in [0.3, 0.4) is 0 Å². The van der Waals surface area contributed by atoms with Gasteiger partial charge in [0, 0.05) is 18.7 Å². The molecule has 2 N–H and O–H groups in total. The highest BCUT2D eigenvalue weighted by Crippen LogP contribution is 2.28. The number of hydrogen-bond donors (Lipinski definition) is 2. The summed E-state index contributed by atoms with van der Waals surface area (Å²) in [7, 11) is -3.66. The van der Waals surface area contributed by atoms with E-state index in [9.17, 15) is 18.3 Å². The Bertz CT molecular complexity index is 1040. The molecule has 1 aliphatic rings. The predicted octanol–water partition coefficient (Wildman–Crippen LogP) is 3.92. The zero-order valence-corrected chi connectivity index (χ0v) is 18.8. The molecular weight excluding hydrogens is 400 g/mol. The van der Waals surface area contributed by atoms with Crippen LogP contribution >= 0.6 is 0 Å². The first-order chi connectivity index (χ1) is 14.1. The Kier molecular flexibility index (Phi) is 6.53. The molecule has 1 fully saturated rings. The Morgan fingerprint density at radius 3 is 2.47 bits per heavy atom. The second-order valence-electron chi connectivity index (χ2n) is 8.29. The van der Waals surface area contributed by atoms with Crippen molar-refractivity contribution < 1.29 is 18.3 Å². The van der Waals surface area contributed by atoms with Gasteiger partial charge in [-0.25, -0.2) is 8.42 Å². The van der Waals surface area contributed by atoms with Gasteiger partial charge in [-0.3, -0.25) is 4.79 Å². The molecule has 30 heavy (non-hydrogen) atoms. The van der Waals surface area contributed by atoms with Crippen molar-refractivity contribution in [3.05, 3.63) is 58.7 Å². The Hall–Kier alpha value is -2.38. The molecule has 1 atom stereocenters. The molecule has 0 aromatic heterocycles. The molecule has 0 aliphatic carbocycles. The maximum absolute atomic E-state index is 13.3. The fraction of sp³-hybridized carbons (Fsp3) is 0.435. The first kappa shape index (κ1) is 22.3. The van der Waals surface area contributed by atoms with Crippen molar-refractivity contribution in [3.8, 4) is 5.75 Å². The minimum absolute atomic E-state index is 0.129. The second-order valence-corrected chi connectivity index (χ2v) is 10.2. The van der Waals surface area contributed by atoms with E-state index in [1.807, 2.05) is 19.9 Å². The number of carbonyl (C=O) groups excluding carboxylic acids is 1. The van der Waals surface area contributed by atoms with E-state index in [0.29, 0.717) is 30.1 Å². The number of rotatable bonds is 5. The molecule has 1 unspecified atom stereocenters. The number of phenols is 1. The van der Waals surface area contributed by atoms with Crippen LogP contribution in [-0.2, 0) is 10.0 Å². The first-order valence-electron chi connectivity index (χ1n) is 10.3. The van der Waals surface area contributed by atoms with Gasteiger partial charge in [-0.2, -0.15) is 4.31 Å². The third-order valence-electron chi connectivity index (χ3n) is 5.96. The quantitative estimate of drug-likeness (QED) is 0.753. The maximum Gasteiger partial charge on any atom is 0.251 e.